The van der Waals surface area contributed by atoms with Crippen LogP contribution in [0.4, 0.5) is 27.6 Å². The Morgan fingerprint density at radius 2 is 1.78 bits per heavy atom. The highest BCUT2D eigenvalue weighted by Gasteiger charge is 2.53. The maximum absolute atomic E-state index is 13.4. The van der Waals surface area contributed by atoms with E-state index in [-0.39, 0.29) is 22.7 Å². The summed E-state index contributed by atoms with van der Waals surface area (Å²) < 4.78 is 76.2. The predicted molar refractivity (Wildman–Crippen MR) is 140 cm³/mol. The van der Waals surface area contributed by atoms with Crippen LogP contribution in [-0.2, 0) is 19.2 Å². The van der Waals surface area contributed by atoms with Crippen LogP contribution in [0.3, 0.4) is 0 Å². The molecule has 4 rings (SSSR count). The number of rotatable bonds is 6. The van der Waals surface area contributed by atoms with Crippen LogP contribution in [0.5, 0.6) is 5.75 Å². The summed E-state index contributed by atoms with van der Waals surface area (Å²) in [5.41, 5.74) is 1.54. The van der Waals surface area contributed by atoms with Crippen LogP contribution in [0.15, 0.2) is 54.6 Å². The Labute approximate surface area is 234 Å². The van der Waals surface area contributed by atoms with Gasteiger partial charge >= 0.3 is 24.7 Å². The quantitative estimate of drug-likeness (QED) is 0.316. The van der Waals surface area contributed by atoms with Crippen molar-refractivity contribution < 1.29 is 45.9 Å². The lowest BCUT2D eigenvalue weighted by Gasteiger charge is -2.43. The van der Waals surface area contributed by atoms with E-state index in [2.05, 4.69) is 10.2 Å². The number of benzene rings is 2. The highest BCUT2D eigenvalue weighted by molar-refractivity contribution is 5.97. The summed E-state index contributed by atoms with van der Waals surface area (Å²) in [6, 6.07) is 12.4. The van der Waals surface area contributed by atoms with Crippen molar-refractivity contribution in [2.24, 2.45) is 5.92 Å². The van der Waals surface area contributed by atoms with Gasteiger partial charge in [-0.15, -0.1) is 0 Å². The lowest BCUT2D eigenvalue weighted by atomic mass is 9.65. The summed E-state index contributed by atoms with van der Waals surface area (Å²) >= 11 is 0. The number of halogens is 5. The Kier molecular flexibility index (Phi) is 8.35. The Bertz CT molecular complexity index is 1310. The molecule has 7 nitrogen and oxygen atoms in total. The molecule has 222 valence electrons. The minimum atomic E-state index is -5.15. The molecule has 12 heteroatoms. The average Bonchev–Trinajstić information content (AvgIpc) is 3.30. The Balaban J connectivity index is 1.80. The van der Waals surface area contributed by atoms with Gasteiger partial charge in [-0.3, -0.25) is 19.9 Å². The second-order valence-corrected chi connectivity index (χ2v) is 11.1. The minimum absolute atomic E-state index is 0.0484. The Morgan fingerprint density at radius 1 is 1.10 bits per heavy atom. The van der Waals surface area contributed by atoms with Crippen molar-refractivity contribution in [3.8, 4) is 5.75 Å². The molecule has 0 aromatic heterocycles. The van der Waals surface area contributed by atoms with Crippen molar-refractivity contribution in [2.75, 3.05) is 11.9 Å². The third-order valence-electron chi connectivity index (χ3n) is 7.02. The van der Waals surface area contributed by atoms with Gasteiger partial charge in [0.25, 0.3) is 0 Å². The second kappa shape index (κ2) is 11.3. The number of esters is 1. The summed E-state index contributed by atoms with van der Waals surface area (Å²) in [7, 11) is 0.926. The molecular weight excluding hydrogens is 551 g/mol. The minimum Gasteiger partial charge on any atom is -0.460 e. The molecule has 0 bridgehead atoms. The first-order valence-corrected chi connectivity index (χ1v) is 13.0. The largest absolute Gasteiger partial charge is 0.471 e. The lowest BCUT2D eigenvalue weighted by Crippen LogP contribution is -2.47. The van der Waals surface area contributed by atoms with Crippen molar-refractivity contribution in [3.63, 3.8) is 0 Å². The molecular formula is C29H31F5N2O5. The van der Waals surface area contributed by atoms with E-state index >= 15 is 0 Å². The van der Waals surface area contributed by atoms with E-state index in [0.717, 1.165) is 30.8 Å². The molecule has 2 aliphatic rings. The van der Waals surface area contributed by atoms with Gasteiger partial charge in [0, 0.05) is 24.2 Å². The molecule has 41 heavy (non-hydrogen) atoms. The van der Waals surface area contributed by atoms with E-state index < -0.39 is 47.7 Å². The summed E-state index contributed by atoms with van der Waals surface area (Å²) in [4.78, 5) is 31.7. The molecule has 1 aliphatic carbocycles. The molecule has 3 atom stereocenters. The molecule has 1 saturated carbocycles. The van der Waals surface area contributed by atoms with Crippen molar-refractivity contribution in [1.29, 1.82) is 0 Å². The molecule has 1 fully saturated rings. The summed E-state index contributed by atoms with van der Waals surface area (Å²) in [6.07, 6.45) is -1.97. The van der Waals surface area contributed by atoms with Crippen molar-refractivity contribution in [3.05, 3.63) is 65.7 Å². The van der Waals surface area contributed by atoms with Crippen LogP contribution >= 0.6 is 0 Å². The van der Waals surface area contributed by atoms with Crippen LogP contribution in [0, 0.1) is 5.92 Å². The molecule has 1 spiro atoms. The highest BCUT2D eigenvalue weighted by Crippen LogP contribution is 2.51. The van der Waals surface area contributed by atoms with E-state index in [0.29, 0.717) is 24.2 Å². The molecule has 0 saturated heterocycles. The molecule has 2 aromatic carbocycles. The number of amides is 1. The fourth-order valence-electron chi connectivity index (χ4n) is 5.37. The van der Waals surface area contributed by atoms with Crippen LogP contribution in [-0.4, -0.2) is 42.9 Å². The van der Waals surface area contributed by atoms with Crippen molar-refractivity contribution >= 4 is 23.3 Å². The van der Waals surface area contributed by atoms with Gasteiger partial charge in [-0.05, 0) is 69.9 Å². The molecule has 1 heterocycles. The number of hydrogen-bond acceptors (Lipinski definition) is 6. The average molecular weight is 583 g/mol. The Morgan fingerprint density at radius 3 is 2.39 bits per heavy atom. The topological polar surface area (TPSA) is 77.1 Å². The molecule has 0 radical (unpaired) electrons. The fraction of sp³-hybridized carbons (Fsp3) is 0.448. The standard InChI is InChI=1S/C29H31F5N2O5/c1-27(2,3)40-24(37)19-11-8-14-28(23(19)17-9-6-5-7-10-17)16-21(35-41-28)20-15-18(12-13-22(20)39-26(30)31)36(4)25(38)29(32,33)34/h5-7,9-10,12-13,15-16,19,23,26,35H,8,11,14H2,1-4H3/t19?,23-,28+/m1/s1. The monoisotopic (exact) mass is 582 g/mol. The fourth-order valence-corrected chi connectivity index (χ4v) is 5.37. The zero-order chi connectivity index (χ0) is 30.2. The summed E-state index contributed by atoms with van der Waals surface area (Å²) in [5.74, 6) is -4.04. The normalized spacial score (nSPS) is 22.7. The lowest BCUT2D eigenvalue weighted by molar-refractivity contribution is -0.170. The van der Waals surface area contributed by atoms with Gasteiger partial charge < -0.3 is 14.4 Å². The third-order valence-corrected chi connectivity index (χ3v) is 7.02. The predicted octanol–water partition coefficient (Wildman–Crippen LogP) is 6.35. The molecule has 1 N–H and O–H groups in total. The molecule has 1 unspecified atom stereocenters. The number of alkyl halides is 5. The second-order valence-electron chi connectivity index (χ2n) is 11.1. The first-order valence-electron chi connectivity index (χ1n) is 13.0. The number of hydroxylamine groups is 1. The van der Waals surface area contributed by atoms with Gasteiger partial charge in [0.15, 0.2) is 0 Å². The van der Waals surface area contributed by atoms with Crippen LogP contribution in [0.1, 0.15) is 57.1 Å². The summed E-state index contributed by atoms with van der Waals surface area (Å²) in [6.45, 7) is 2.08. The van der Waals surface area contributed by atoms with E-state index in [4.69, 9.17) is 9.57 Å². The first-order chi connectivity index (χ1) is 19.1. The Hall–Kier alpha value is -3.67. The van der Waals surface area contributed by atoms with Gasteiger partial charge in [0.05, 0.1) is 11.6 Å². The van der Waals surface area contributed by atoms with Gasteiger partial charge in [0.2, 0.25) is 0 Å². The van der Waals surface area contributed by atoms with E-state index in [1.54, 1.807) is 26.8 Å². The SMILES string of the molecule is CN(C(=O)C(F)(F)F)c1ccc(OC(F)F)c(C2=C[C@]3(CCCC(C(=O)OC(C)(C)C)[C@H]3c3ccccc3)ON2)c1. The maximum atomic E-state index is 13.4. The number of nitrogens with zero attached hydrogens (tertiary/aromatic N) is 1. The van der Waals surface area contributed by atoms with E-state index in [1.165, 1.54) is 0 Å². The molecule has 1 amide bonds. The van der Waals surface area contributed by atoms with Gasteiger partial charge in [-0.1, -0.05) is 30.3 Å². The smallest absolute Gasteiger partial charge is 0.460 e. The molecule has 2 aromatic rings. The van der Waals surface area contributed by atoms with Crippen LogP contribution < -0.4 is 15.1 Å². The highest BCUT2D eigenvalue weighted by atomic mass is 19.4. The van der Waals surface area contributed by atoms with Crippen molar-refractivity contribution in [1.82, 2.24) is 5.48 Å². The number of carbonyl (C=O) groups excluding carboxylic acids is 2. The third kappa shape index (κ3) is 6.64. The van der Waals surface area contributed by atoms with Crippen LogP contribution in [0.25, 0.3) is 5.70 Å². The first kappa shape index (κ1) is 30.3. The van der Waals surface area contributed by atoms with E-state index in [9.17, 15) is 31.5 Å². The number of anilines is 1. The van der Waals surface area contributed by atoms with Gasteiger partial charge in [0.1, 0.15) is 17.0 Å². The number of nitrogens with one attached hydrogen (secondary N) is 1. The van der Waals surface area contributed by atoms with Gasteiger partial charge in [-0.2, -0.15) is 22.0 Å². The zero-order valence-corrected chi connectivity index (χ0v) is 22.9. The number of ether oxygens (including phenoxy) is 2. The summed E-state index contributed by atoms with van der Waals surface area (Å²) in [5, 5.41) is 0. The zero-order valence-electron chi connectivity index (χ0n) is 22.9. The number of carbonyl (C=O) groups is 2. The maximum Gasteiger partial charge on any atom is 0.471 e. The number of hydrogen-bond donors (Lipinski definition) is 1. The van der Waals surface area contributed by atoms with Gasteiger partial charge in [-0.25, -0.2) is 0 Å². The van der Waals surface area contributed by atoms with Crippen LogP contribution in [0.2, 0.25) is 0 Å². The molecule has 1 aliphatic heterocycles. The van der Waals surface area contributed by atoms with Crippen molar-refractivity contribution in [2.45, 2.75) is 69.9 Å². The van der Waals surface area contributed by atoms with E-state index in [1.807, 2.05) is 30.3 Å².